The molecule has 1 aliphatic heterocycles. The van der Waals surface area contributed by atoms with Crippen molar-refractivity contribution in [3.63, 3.8) is 0 Å². The van der Waals surface area contributed by atoms with Crippen LogP contribution in [0.1, 0.15) is 109 Å². The molecule has 1 aliphatic rings. The summed E-state index contributed by atoms with van der Waals surface area (Å²) in [6, 6.07) is 7.20. The van der Waals surface area contributed by atoms with Crippen LogP contribution >= 0.6 is 0 Å². The van der Waals surface area contributed by atoms with Gasteiger partial charge in [-0.2, -0.15) is 0 Å². The molecule has 3 unspecified atom stereocenters. The minimum atomic E-state index is -1.17. The van der Waals surface area contributed by atoms with Crippen molar-refractivity contribution in [2.24, 2.45) is 35.5 Å². The van der Waals surface area contributed by atoms with Crippen LogP contribution in [-0.4, -0.2) is 79.5 Å². The molecular formula is C41H56N4O8. The molecule has 288 valence electrons. The largest absolute Gasteiger partial charge is 0.481 e. The number of nitrogens with one attached hydrogen (secondary N) is 1. The first-order valence-electron chi connectivity index (χ1n) is 19.0. The van der Waals surface area contributed by atoms with Crippen LogP contribution in [0.4, 0.5) is 0 Å². The summed E-state index contributed by atoms with van der Waals surface area (Å²) in [6.45, 7) is 11.5. The van der Waals surface area contributed by atoms with Crippen molar-refractivity contribution in [2.75, 3.05) is 6.54 Å². The summed E-state index contributed by atoms with van der Waals surface area (Å²) in [5.74, 6) is -7.70. The van der Waals surface area contributed by atoms with E-state index in [1.807, 2.05) is 27.7 Å². The van der Waals surface area contributed by atoms with Crippen molar-refractivity contribution in [3.8, 4) is 0 Å². The van der Waals surface area contributed by atoms with Crippen molar-refractivity contribution in [1.29, 1.82) is 0 Å². The molecule has 1 saturated heterocycles. The zero-order valence-electron chi connectivity index (χ0n) is 32.0. The molecule has 2 heterocycles. The third-order valence-electron chi connectivity index (χ3n) is 10.3. The van der Waals surface area contributed by atoms with Gasteiger partial charge in [0, 0.05) is 50.0 Å². The summed E-state index contributed by atoms with van der Waals surface area (Å²) in [4.78, 5) is 104. The number of likely N-dealkylation sites (tertiary alicyclic amines) is 1. The Kier molecular flexibility index (Phi) is 16.6. The Balaban J connectivity index is 1.79. The van der Waals surface area contributed by atoms with Gasteiger partial charge in [-0.25, -0.2) is 4.98 Å². The number of carbonyl (C=O) groups is 7. The Morgan fingerprint density at radius 2 is 1.58 bits per heavy atom. The predicted octanol–water partition coefficient (Wildman–Crippen LogP) is 5.33. The Morgan fingerprint density at radius 1 is 0.887 bits per heavy atom. The van der Waals surface area contributed by atoms with Crippen molar-refractivity contribution in [3.05, 3.63) is 60.2 Å². The molecule has 0 spiro atoms. The van der Waals surface area contributed by atoms with Gasteiger partial charge in [-0.05, 0) is 49.0 Å². The van der Waals surface area contributed by atoms with Crippen LogP contribution < -0.4 is 5.32 Å². The van der Waals surface area contributed by atoms with Crippen LogP contribution in [0.5, 0.6) is 0 Å². The second kappa shape index (κ2) is 20.6. The number of Topliss-reactive ketones (excluding diaryl/α,β-unsaturated/α-hetero) is 4. The van der Waals surface area contributed by atoms with Crippen LogP contribution in [0.15, 0.2) is 48.9 Å². The smallest absolute Gasteiger partial charge is 0.307 e. The number of nitrogens with zero attached hydrogens (tertiary/aromatic N) is 3. The number of hydrogen-bond donors (Lipinski definition) is 2. The highest BCUT2D eigenvalue weighted by molar-refractivity contribution is 6.38. The fourth-order valence-corrected chi connectivity index (χ4v) is 7.36. The minimum absolute atomic E-state index is 0.0678. The Labute approximate surface area is 312 Å². The summed E-state index contributed by atoms with van der Waals surface area (Å²) >= 11 is 0. The van der Waals surface area contributed by atoms with Gasteiger partial charge in [0.05, 0.1) is 24.2 Å². The zero-order chi connectivity index (χ0) is 39.2. The van der Waals surface area contributed by atoms with E-state index < -0.39 is 59.7 Å². The van der Waals surface area contributed by atoms with Crippen molar-refractivity contribution in [1.82, 2.24) is 20.2 Å². The molecule has 0 aliphatic carbocycles. The van der Waals surface area contributed by atoms with E-state index >= 15 is 0 Å². The Morgan fingerprint density at radius 3 is 2.15 bits per heavy atom. The molecule has 2 amide bonds. The van der Waals surface area contributed by atoms with Gasteiger partial charge in [0.1, 0.15) is 5.69 Å². The number of rotatable bonds is 22. The second-order valence-corrected chi connectivity index (χ2v) is 15.0. The maximum absolute atomic E-state index is 14.4. The number of ketones is 4. The highest BCUT2D eigenvalue weighted by Gasteiger charge is 2.45. The molecule has 12 heteroatoms. The van der Waals surface area contributed by atoms with E-state index in [0.717, 1.165) is 12.0 Å². The van der Waals surface area contributed by atoms with Gasteiger partial charge in [-0.15, -0.1) is 0 Å². The zero-order valence-corrected chi connectivity index (χ0v) is 32.0. The number of aromatic nitrogens is 2. The highest BCUT2D eigenvalue weighted by atomic mass is 16.4. The van der Waals surface area contributed by atoms with E-state index in [1.165, 1.54) is 18.6 Å². The Bertz CT molecular complexity index is 1580. The van der Waals surface area contributed by atoms with Gasteiger partial charge in [0.15, 0.2) is 17.3 Å². The fraction of sp³-hybridized carbons (Fsp3) is 0.585. The summed E-state index contributed by atoms with van der Waals surface area (Å²) in [6.07, 6.45) is 6.21. The molecule has 1 fully saturated rings. The molecule has 1 aromatic heterocycles. The lowest BCUT2D eigenvalue weighted by Crippen LogP contribution is -2.50. The fourth-order valence-electron chi connectivity index (χ4n) is 7.36. The molecule has 6 atom stereocenters. The first-order valence-corrected chi connectivity index (χ1v) is 19.0. The predicted molar refractivity (Wildman–Crippen MR) is 199 cm³/mol. The van der Waals surface area contributed by atoms with Crippen LogP contribution in [0.25, 0.3) is 0 Å². The number of hydrogen-bond acceptors (Lipinski definition) is 9. The van der Waals surface area contributed by atoms with Gasteiger partial charge in [-0.1, -0.05) is 84.7 Å². The quantitative estimate of drug-likeness (QED) is 0.150. The van der Waals surface area contributed by atoms with Gasteiger partial charge in [0.2, 0.25) is 11.7 Å². The number of benzene rings is 1. The van der Waals surface area contributed by atoms with Crippen LogP contribution in [0.3, 0.4) is 0 Å². The van der Waals surface area contributed by atoms with E-state index in [-0.39, 0.29) is 66.6 Å². The van der Waals surface area contributed by atoms with Gasteiger partial charge < -0.3 is 15.3 Å². The number of carbonyl (C=O) groups excluding carboxylic acids is 6. The van der Waals surface area contributed by atoms with Crippen LogP contribution in [-0.2, 0) is 35.2 Å². The SMILES string of the molecule is CCCC(CC(=O)[C@@H]1C(CCC)CCN1C(=O)C(CC(=O)[C@@H](NC(=O)c1cnccn1)C(C)C)C(C)C)C(=O)C(=O)C[C@@H](Cc1ccccc1)C(=O)O. The van der Waals surface area contributed by atoms with Crippen molar-refractivity contribution in [2.45, 2.75) is 111 Å². The van der Waals surface area contributed by atoms with Gasteiger partial charge in [0.25, 0.3) is 5.91 Å². The lowest BCUT2D eigenvalue weighted by Gasteiger charge is -2.33. The van der Waals surface area contributed by atoms with Crippen LogP contribution in [0.2, 0.25) is 0 Å². The number of amides is 2. The van der Waals surface area contributed by atoms with Crippen molar-refractivity contribution < 1.29 is 38.7 Å². The van der Waals surface area contributed by atoms with E-state index in [0.29, 0.717) is 25.8 Å². The molecule has 0 bridgehead atoms. The number of carboxylic acid groups (broad SMARTS) is 1. The molecule has 0 saturated carbocycles. The van der Waals surface area contributed by atoms with E-state index in [4.69, 9.17) is 0 Å². The maximum atomic E-state index is 14.4. The lowest BCUT2D eigenvalue weighted by molar-refractivity contribution is -0.147. The number of aliphatic carboxylic acids is 1. The second-order valence-electron chi connectivity index (χ2n) is 15.0. The van der Waals surface area contributed by atoms with Gasteiger partial charge in [-0.3, -0.25) is 38.5 Å². The molecule has 2 aromatic rings. The summed E-state index contributed by atoms with van der Waals surface area (Å²) in [7, 11) is 0. The Hall–Kier alpha value is -4.61. The normalized spacial score (nSPS) is 17.9. The molecule has 12 nitrogen and oxygen atoms in total. The first kappa shape index (κ1) is 42.8. The summed E-state index contributed by atoms with van der Waals surface area (Å²) in [5.41, 5.74) is 0.805. The molecule has 53 heavy (non-hydrogen) atoms. The number of carboxylic acids is 1. The first-order chi connectivity index (χ1) is 25.2. The topological polar surface area (TPSA) is 181 Å². The summed E-state index contributed by atoms with van der Waals surface area (Å²) in [5, 5.41) is 12.6. The van der Waals surface area contributed by atoms with E-state index in [1.54, 1.807) is 49.1 Å². The standard InChI is InChI=1S/C41H56N4O8/c1-7-12-28-16-19-45(40(51)31(25(3)4)23-33(46)36(26(5)6)44-39(50)32-24-42-17-18-43-32)37(28)34(47)21-29(13-8-2)38(49)35(48)22-30(41(52)53)20-27-14-10-9-11-15-27/h9-11,14-15,17-18,24-26,28-31,36-37H,7-8,12-13,16,19-23H2,1-6H3,(H,44,50)(H,52,53)/t28?,29?,30-,31?,36+,37+/m1/s1. The third-order valence-corrected chi connectivity index (χ3v) is 10.3. The van der Waals surface area contributed by atoms with Gasteiger partial charge >= 0.3 is 5.97 Å². The minimum Gasteiger partial charge on any atom is -0.481 e. The molecule has 2 N–H and O–H groups in total. The molecule has 0 radical (unpaired) electrons. The van der Waals surface area contributed by atoms with Crippen molar-refractivity contribution >= 4 is 40.9 Å². The monoisotopic (exact) mass is 732 g/mol. The third kappa shape index (κ3) is 11.9. The van der Waals surface area contributed by atoms with Crippen LogP contribution in [0, 0.1) is 35.5 Å². The molecular weight excluding hydrogens is 676 g/mol. The average Bonchev–Trinajstić information content (AvgIpc) is 3.55. The molecule has 1 aromatic carbocycles. The average molecular weight is 733 g/mol. The maximum Gasteiger partial charge on any atom is 0.307 e. The van der Waals surface area contributed by atoms with E-state index in [9.17, 15) is 38.7 Å². The highest BCUT2D eigenvalue weighted by Crippen LogP contribution is 2.34. The molecule has 3 rings (SSSR count). The lowest BCUT2D eigenvalue weighted by atomic mass is 9.82. The summed E-state index contributed by atoms with van der Waals surface area (Å²) < 4.78 is 0. The van der Waals surface area contributed by atoms with E-state index in [2.05, 4.69) is 15.3 Å².